The molecule has 8 nitrogen and oxygen atoms in total. The van der Waals surface area contributed by atoms with Crippen LogP contribution in [0.4, 0.5) is 0 Å². The Morgan fingerprint density at radius 1 is 0.146 bits per heavy atom. The van der Waals surface area contributed by atoms with Crippen LogP contribution in [0, 0.1) is 0 Å². The average molecular weight is 1650 g/mol. The van der Waals surface area contributed by atoms with Gasteiger partial charge in [-0.15, -0.1) is 0 Å². The van der Waals surface area contributed by atoms with Crippen LogP contribution in [0.1, 0.15) is 0 Å². The third-order valence-electron chi connectivity index (χ3n) is 27.7. The van der Waals surface area contributed by atoms with E-state index in [1.54, 1.807) is 0 Å². The second-order valence-corrected chi connectivity index (χ2v) is 34.7. The quantitative estimate of drug-likeness (QED) is 0.122. The van der Waals surface area contributed by atoms with Crippen molar-refractivity contribution >= 4 is 142 Å². The summed E-state index contributed by atoms with van der Waals surface area (Å²) in [6.45, 7) is 0. The van der Waals surface area contributed by atoms with Crippen LogP contribution in [0.2, 0.25) is 0 Å². The molecule has 8 heteroatoms. The van der Waals surface area contributed by atoms with Gasteiger partial charge in [-0.1, -0.05) is 243 Å². The van der Waals surface area contributed by atoms with E-state index in [1.165, 1.54) is 120 Å². The Hall–Kier alpha value is -17.5. The van der Waals surface area contributed by atoms with Crippen molar-refractivity contribution in [1.29, 1.82) is 0 Å². The number of para-hydroxylation sites is 8. The van der Waals surface area contributed by atoms with Crippen molar-refractivity contribution in [3.63, 3.8) is 0 Å². The SMILES string of the molecule is c1ccc(-n2c3ccccc3c3cc(-c4ccc5c(c4)c4cc(-c6ccc7c(c6)c6ccccc6n7-c6ccccc6)ccc4n5-c4ccc(-c5nc(-c6ccc(-n7c8ccc(-c9ccc%10c(c9)c9ccccc9n%10-c9ccccc9)cc8c8cc(-c9ccc%10c(c9)c9ccccc9n%10-c9ccccc9)ccc87)cc6)c6c(n5)-c5cccc7cccc-6c57)cc4)ccc32)cc1. The molecule has 0 radical (unpaired) electrons. The zero-order valence-electron chi connectivity index (χ0n) is 70.3. The second-order valence-electron chi connectivity index (χ2n) is 34.7. The molecule has 130 heavy (non-hydrogen) atoms. The van der Waals surface area contributed by atoms with Crippen molar-refractivity contribution < 1.29 is 0 Å². The van der Waals surface area contributed by atoms with Crippen LogP contribution in [0.25, 0.3) is 265 Å². The molecule has 7 heterocycles. The smallest absolute Gasteiger partial charge is 0.160 e. The van der Waals surface area contributed by atoms with Gasteiger partial charge < -0.3 is 27.4 Å². The third-order valence-corrected chi connectivity index (χ3v) is 27.7. The van der Waals surface area contributed by atoms with E-state index >= 15 is 0 Å². The number of hydrogen-bond acceptors (Lipinski definition) is 2. The molecular formula is C122H74N8. The summed E-state index contributed by atoms with van der Waals surface area (Å²) >= 11 is 0. The lowest BCUT2D eigenvalue weighted by Gasteiger charge is -2.14. The third kappa shape index (κ3) is 10.8. The zero-order valence-corrected chi connectivity index (χ0v) is 70.3. The maximum Gasteiger partial charge on any atom is 0.160 e. The van der Waals surface area contributed by atoms with Crippen LogP contribution in [0.3, 0.4) is 0 Å². The lowest BCUT2D eigenvalue weighted by molar-refractivity contribution is 1.16. The molecule has 28 rings (SSSR count). The Labute approximate surface area is 746 Å². The summed E-state index contributed by atoms with van der Waals surface area (Å²) in [5.41, 5.74) is 36.9. The number of rotatable bonds is 12. The fourth-order valence-corrected chi connectivity index (χ4v) is 21.9. The maximum atomic E-state index is 5.77. The van der Waals surface area contributed by atoms with Gasteiger partial charge in [-0.25, -0.2) is 9.97 Å². The number of benzene rings is 20. The fourth-order valence-electron chi connectivity index (χ4n) is 21.9. The molecule has 7 aromatic heterocycles. The van der Waals surface area contributed by atoms with Crippen molar-refractivity contribution in [3.05, 3.63) is 449 Å². The largest absolute Gasteiger partial charge is 0.309 e. The molecule has 0 fully saturated rings. The highest BCUT2D eigenvalue weighted by atomic mass is 15.0. The topological polar surface area (TPSA) is 55.4 Å². The summed E-state index contributed by atoms with van der Waals surface area (Å²) in [6, 6.07) is 166. The molecule has 0 bridgehead atoms. The van der Waals surface area contributed by atoms with E-state index < -0.39 is 0 Å². The monoisotopic (exact) mass is 1650 g/mol. The highest BCUT2D eigenvalue weighted by molar-refractivity contribution is 6.20. The van der Waals surface area contributed by atoms with Gasteiger partial charge in [0.05, 0.1) is 77.6 Å². The van der Waals surface area contributed by atoms with Crippen LogP contribution >= 0.6 is 0 Å². The molecular weight excluding hydrogens is 1580 g/mol. The number of fused-ring (bicyclic) bond motifs is 21. The molecule has 0 saturated carbocycles. The molecule has 0 amide bonds. The molecule has 0 aliphatic heterocycles. The van der Waals surface area contributed by atoms with Gasteiger partial charge >= 0.3 is 0 Å². The van der Waals surface area contributed by atoms with E-state index in [9.17, 15) is 0 Å². The van der Waals surface area contributed by atoms with E-state index in [2.05, 4.69) is 476 Å². The van der Waals surface area contributed by atoms with Crippen molar-refractivity contribution in [2.24, 2.45) is 0 Å². The Balaban J connectivity index is 0.579. The summed E-state index contributed by atoms with van der Waals surface area (Å²) in [7, 11) is 0. The lowest BCUT2D eigenvalue weighted by atomic mass is 9.98. The first kappa shape index (κ1) is 71.9. The average Bonchev–Trinajstić information content (AvgIpc) is 1.57. The Bertz CT molecular complexity index is 9020. The minimum Gasteiger partial charge on any atom is -0.309 e. The summed E-state index contributed by atoms with van der Waals surface area (Å²) in [4.78, 5) is 11.4. The van der Waals surface area contributed by atoms with Crippen molar-refractivity contribution in [2.45, 2.75) is 0 Å². The van der Waals surface area contributed by atoms with Crippen molar-refractivity contribution in [3.8, 4) is 124 Å². The first-order chi connectivity index (χ1) is 64.5. The second kappa shape index (κ2) is 28.0. The standard InChI is InChI=1S/C122H74N8/c1-5-25-86(26-6-1)125-106-39-17-13-33-92(106)98-67-78(47-59-110(98)125)82-51-63-114-102(71-82)103-72-83(79-48-60-111-99(68-79)93-34-14-18-40-107(93)126(111)87-27-7-2-8-28-87)52-64-115(103)129(114)90-55-43-76(44-56-90)120-119-96-37-21-23-75-24-22-38-97(118(75)96)121(119)124-122(123-120)77-45-57-91(58-46-77)130-116-65-53-84(80-49-61-112-100(69-80)94-35-15-19-41-108(94)127(112)88-29-9-3-10-30-88)73-104(116)105-74-85(54-66-117(105)130)81-50-62-113-101(70-81)95-36-16-20-42-109(95)128(113)89-31-11-4-12-32-89/h1-74H. The fraction of sp³-hybridized carbons (Fsp3) is 0. The van der Waals surface area contributed by atoms with Gasteiger partial charge in [0, 0.05) is 121 Å². The van der Waals surface area contributed by atoms with Crippen LogP contribution in [-0.2, 0) is 0 Å². The van der Waals surface area contributed by atoms with Crippen LogP contribution < -0.4 is 0 Å². The van der Waals surface area contributed by atoms with E-state index in [-0.39, 0.29) is 0 Å². The molecule has 0 atom stereocenters. The Morgan fingerprint density at radius 3 is 0.662 bits per heavy atom. The van der Waals surface area contributed by atoms with Gasteiger partial charge in [0.2, 0.25) is 0 Å². The van der Waals surface area contributed by atoms with E-state index in [4.69, 9.17) is 9.97 Å². The van der Waals surface area contributed by atoms with Gasteiger partial charge in [0.25, 0.3) is 0 Å². The molecule has 27 aromatic rings. The summed E-state index contributed by atoms with van der Waals surface area (Å²) in [5.74, 6) is 0.662. The van der Waals surface area contributed by atoms with E-state index in [0.717, 1.165) is 140 Å². The molecule has 0 spiro atoms. The van der Waals surface area contributed by atoms with Gasteiger partial charge in [0.15, 0.2) is 5.82 Å². The normalized spacial score (nSPS) is 12.2. The predicted molar refractivity (Wildman–Crippen MR) is 543 cm³/mol. The molecule has 0 N–H and O–H groups in total. The zero-order chi connectivity index (χ0) is 84.9. The lowest BCUT2D eigenvalue weighted by Crippen LogP contribution is -1.99. The van der Waals surface area contributed by atoms with Crippen LogP contribution in [0.15, 0.2) is 449 Å². The summed E-state index contributed by atoms with van der Waals surface area (Å²) < 4.78 is 14.5. The van der Waals surface area contributed by atoms with Crippen LogP contribution in [0.5, 0.6) is 0 Å². The van der Waals surface area contributed by atoms with Crippen LogP contribution in [-0.4, -0.2) is 37.4 Å². The molecule has 602 valence electrons. The van der Waals surface area contributed by atoms with Gasteiger partial charge in [0.1, 0.15) is 0 Å². The highest BCUT2D eigenvalue weighted by Gasteiger charge is 2.30. The van der Waals surface area contributed by atoms with Gasteiger partial charge in [-0.3, -0.25) is 0 Å². The molecule has 0 unspecified atom stereocenters. The Morgan fingerprint density at radius 2 is 0.369 bits per heavy atom. The minimum absolute atomic E-state index is 0.662. The first-order valence-corrected chi connectivity index (χ1v) is 44.7. The summed E-state index contributed by atoms with van der Waals surface area (Å²) in [6.07, 6.45) is 0. The number of hydrogen-bond donors (Lipinski definition) is 0. The Kier molecular flexibility index (Phi) is 15.5. The maximum absolute atomic E-state index is 5.77. The van der Waals surface area contributed by atoms with E-state index in [0.29, 0.717) is 5.82 Å². The molecule has 1 aliphatic carbocycles. The minimum atomic E-state index is 0.662. The first-order valence-electron chi connectivity index (χ1n) is 44.7. The number of nitrogens with zero attached hydrogens (tertiary/aromatic N) is 8. The molecule has 20 aromatic carbocycles. The van der Waals surface area contributed by atoms with Crippen molar-refractivity contribution in [1.82, 2.24) is 37.4 Å². The predicted octanol–water partition coefficient (Wildman–Crippen LogP) is 31.9. The summed E-state index contributed by atoms with van der Waals surface area (Å²) in [5, 5.41) is 16.8. The van der Waals surface area contributed by atoms with Crippen molar-refractivity contribution in [2.75, 3.05) is 0 Å². The highest BCUT2D eigenvalue weighted by Crippen LogP contribution is 2.52. The van der Waals surface area contributed by atoms with Gasteiger partial charge in [-0.05, 0) is 267 Å². The number of aromatic nitrogens is 8. The molecule has 1 aliphatic rings. The molecule has 0 saturated heterocycles. The van der Waals surface area contributed by atoms with E-state index in [1.807, 2.05) is 0 Å². The van der Waals surface area contributed by atoms with Gasteiger partial charge in [-0.2, -0.15) is 0 Å².